The number of carbonyl (C=O) groups excluding carboxylic acids is 2. The lowest BCUT2D eigenvalue weighted by atomic mass is 9.93. The molecule has 5 rings (SSSR count). The van der Waals surface area contributed by atoms with Crippen LogP contribution < -0.4 is 5.32 Å². The van der Waals surface area contributed by atoms with Crippen molar-refractivity contribution in [2.75, 3.05) is 25.0 Å². The summed E-state index contributed by atoms with van der Waals surface area (Å²) in [4.78, 5) is 54.2. The lowest BCUT2D eigenvalue weighted by molar-refractivity contribution is -0.137. The van der Waals surface area contributed by atoms with E-state index in [1.807, 2.05) is 64.1 Å². The van der Waals surface area contributed by atoms with Crippen molar-refractivity contribution in [2.45, 2.75) is 102 Å². The summed E-state index contributed by atoms with van der Waals surface area (Å²) in [6, 6.07) is 20.8. The van der Waals surface area contributed by atoms with Crippen LogP contribution in [0.4, 0.5) is 5.69 Å². The normalized spacial score (nSPS) is 13.0. The van der Waals surface area contributed by atoms with Gasteiger partial charge in [-0.2, -0.15) is 4.31 Å². The van der Waals surface area contributed by atoms with Gasteiger partial charge in [-0.1, -0.05) is 36.4 Å². The first-order chi connectivity index (χ1) is 27.1. The van der Waals surface area contributed by atoms with Gasteiger partial charge >= 0.3 is 11.9 Å². The molecule has 1 heterocycles. The zero-order valence-electron chi connectivity index (χ0n) is 33.1. The number of carbonyl (C=O) groups is 4. The second-order valence-corrected chi connectivity index (χ2v) is 18.2. The molecule has 13 heteroatoms. The standard InChI is InChI=1S/C44H53N3O8S2/c1-29(2)47(30(3)4)26-25-46(24-8-13-41(49)50)57(54,55)36-10-7-9-34(27-36)38(48)28-40-42(37-11-5-6-12-39(37)56-40)43(51)45-35-22-18-32(19-23-35)15-14-31-16-20-33(21-17-31)44(52)53/h7,9-10,16-23,27,29-30H,5-6,8,11-15,24-26,28H2,1-4H3,(H,45,51)(H,49,50)(H,52,53). The van der Waals surface area contributed by atoms with Crippen molar-refractivity contribution < 1.29 is 37.8 Å². The summed E-state index contributed by atoms with van der Waals surface area (Å²) in [7, 11) is -4.08. The van der Waals surface area contributed by atoms with Crippen LogP contribution >= 0.6 is 11.3 Å². The topological polar surface area (TPSA) is 161 Å². The highest BCUT2D eigenvalue weighted by Crippen LogP contribution is 2.36. The van der Waals surface area contributed by atoms with Gasteiger partial charge in [-0.3, -0.25) is 19.3 Å². The fraction of sp³-hybridized carbons (Fsp3) is 0.409. The van der Waals surface area contributed by atoms with Crippen LogP contribution in [-0.2, 0) is 46.9 Å². The molecule has 4 aromatic rings. The number of rotatable bonds is 20. The number of aryl methyl sites for hydroxylation is 3. The summed E-state index contributed by atoms with van der Waals surface area (Å²) in [5.74, 6) is -2.54. The average Bonchev–Trinajstić information content (AvgIpc) is 3.54. The number of fused-ring (bicyclic) bond motifs is 1. The van der Waals surface area contributed by atoms with Crippen LogP contribution in [0.15, 0.2) is 77.7 Å². The maximum Gasteiger partial charge on any atom is 0.335 e. The molecular formula is C44H53N3O8S2. The Bertz CT molecular complexity index is 2150. The Labute approximate surface area is 339 Å². The minimum Gasteiger partial charge on any atom is -0.481 e. The monoisotopic (exact) mass is 815 g/mol. The number of aliphatic carboxylic acids is 1. The highest BCUT2D eigenvalue weighted by Gasteiger charge is 2.29. The van der Waals surface area contributed by atoms with Gasteiger partial charge in [0.15, 0.2) is 5.78 Å². The predicted octanol–water partition coefficient (Wildman–Crippen LogP) is 7.76. The molecule has 0 unspecified atom stereocenters. The molecular weight excluding hydrogens is 763 g/mol. The quantitative estimate of drug-likeness (QED) is 0.0758. The van der Waals surface area contributed by atoms with Gasteiger partial charge in [-0.25, -0.2) is 13.2 Å². The van der Waals surface area contributed by atoms with E-state index in [-0.39, 0.29) is 72.1 Å². The van der Waals surface area contributed by atoms with Crippen molar-refractivity contribution in [3.8, 4) is 0 Å². The molecule has 57 heavy (non-hydrogen) atoms. The van der Waals surface area contributed by atoms with Gasteiger partial charge in [-0.15, -0.1) is 11.3 Å². The number of carboxylic acids is 2. The van der Waals surface area contributed by atoms with Crippen molar-refractivity contribution in [2.24, 2.45) is 0 Å². The smallest absolute Gasteiger partial charge is 0.335 e. The van der Waals surface area contributed by atoms with Crippen molar-refractivity contribution in [1.82, 2.24) is 9.21 Å². The van der Waals surface area contributed by atoms with Crippen LogP contribution in [0.3, 0.4) is 0 Å². The first-order valence-corrected chi connectivity index (χ1v) is 21.9. The number of hydrogen-bond donors (Lipinski definition) is 3. The molecule has 0 saturated carbocycles. The highest BCUT2D eigenvalue weighted by atomic mass is 32.2. The third-order valence-corrected chi connectivity index (χ3v) is 13.6. The zero-order valence-corrected chi connectivity index (χ0v) is 34.8. The Kier molecular flexibility index (Phi) is 15.0. The molecule has 0 atom stereocenters. The maximum atomic E-state index is 14.1. The van der Waals surface area contributed by atoms with E-state index in [9.17, 15) is 32.7 Å². The fourth-order valence-electron chi connectivity index (χ4n) is 7.39. The molecule has 0 radical (unpaired) electrons. The SMILES string of the molecule is CC(C)N(CCN(CCCC(=O)O)S(=O)(=O)c1cccc(C(=O)Cc2sc3c(c2C(=O)Nc2ccc(CCc4ccc(C(=O)O)cc4)cc2)CCCC3)c1)C(C)C. The highest BCUT2D eigenvalue weighted by molar-refractivity contribution is 7.89. The number of aromatic carboxylic acids is 1. The molecule has 304 valence electrons. The number of ketones is 1. The molecule has 0 saturated heterocycles. The molecule has 0 spiro atoms. The third-order valence-electron chi connectivity index (χ3n) is 10.4. The van der Waals surface area contributed by atoms with Crippen LogP contribution in [0.5, 0.6) is 0 Å². The minimum absolute atomic E-state index is 0.0311. The maximum absolute atomic E-state index is 14.1. The van der Waals surface area contributed by atoms with Crippen LogP contribution in [0, 0.1) is 0 Å². The van der Waals surface area contributed by atoms with Crippen LogP contribution in [0.25, 0.3) is 0 Å². The Morgan fingerprint density at radius 1 is 0.789 bits per heavy atom. The number of sulfonamides is 1. The van der Waals surface area contributed by atoms with Crippen molar-refractivity contribution in [3.05, 3.63) is 116 Å². The zero-order chi connectivity index (χ0) is 41.3. The number of anilines is 1. The van der Waals surface area contributed by atoms with Crippen LogP contribution in [0.1, 0.15) is 111 Å². The van der Waals surface area contributed by atoms with Gasteiger partial charge in [0.1, 0.15) is 0 Å². The lowest BCUT2D eigenvalue weighted by Crippen LogP contribution is -2.44. The Morgan fingerprint density at radius 3 is 2.04 bits per heavy atom. The Balaban J connectivity index is 1.31. The average molecular weight is 816 g/mol. The van der Waals surface area contributed by atoms with E-state index in [4.69, 9.17) is 5.11 Å². The summed E-state index contributed by atoms with van der Waals surface area (Å²) in [5.41, 5.74) is 4.68. The van der Waals surface area contributed by atoms with E-state index in [0.717, 1.165) is 60.1 Å². The molecule has 3 N–H and O–H groups in total. The van der Waals surface area contributed by atoms with E-state index < -0.39 is 22.0 Å². The van der Waals surface area contributed by atoms with E-state index in [2.05, 4.69) is 10.2 Å². The largest absolute Gasteiger partial charge is 0.481 e. The van der Waals surface area contributed by atoms with Gasteiger partial charge < -0.3 is 15.5 Å². The fourth-order valence-corrected chi connectivity index (χ4v) is 10.3. The van der Waals surface area contributed by atoms with Crippen molar-refractivity contribution in [3.63, 3.8) is 0 Å². The molecule has 11 nitrogen and oxygen atoms in total. The summed E-state index contributed by atoms with van der Waals surface area (Å²) < 4.78 is 29.5. The number of carboxylic acid groups (broad SMARTS) is 2. The van der Waals surface area contributed by atoms with Crippen LogP contribution in [0.2, 0.25) is 0 Å². The number of thiophene rings is 1. The number of nitrogens with one attached hydrogen (secondary N) is 1. The molecule has 0 fully saturated rings. The number of hydrogen-bond acceptors (Lipinski definition) is 8. The van der Waals surface area contributed by atoms with Crippen molar-refractivity contribution in [1.29, 1.82) is 0 Å². The van der Waals surface area contributed by atoms with Gasteiger partial charge in [0.2, 0.25) is 10.0 Å². The van der Waals surface area contributed by atoms with Gasteiger partial charge in [0.25, 0.3) is 5.91 Å². The van der Waals surface area contributed by atoms with E-state index >= 15 is 0 Å². The van der Waals surface area contributed by atoms with Gasteiger partial charge in [0.05, 0.1) is 16.0 Å². The molecule has 1 amide bonds. The lowest BCUT2D eigenvalue weighted by Gasteiger charge is -2.33. The molecule has 3 aromatic carbocycles. The number of amides is 1. The molecule has 1 aromatic heterocycles. The Hall–Kier alpha value is -4.69. The number of nitrogens with zero attached hydrogens (tertiary/aromatic N) is 2. The van der Waals surface area contributed by atoms with Crippen molar-refractivity contribution >= 4 is 50.7 Å². The van der Waals surface area contributed by atoms with E-state index in [1.165, 1.54) is 27.8 Å². The first-order valence-electron chi connectivity index (χ1n) is 19.6. The summed E-state index contributed by atoms with van der Waals surface area (Å²) in [6.45, 7) is 8.85. The van der Waals surface area contributed by atoms with E-state index in [1.54, 1.807) is 24.3 Å². The molecule has 1 aliphatic rings. The molecule has 0 aliphatic heterocycles. The second kappa shape index (κ2) is 19.6. The van der Waals surface area contributed by atoms with Gasteiger partial charge in [-0.05, 0) is 126 Å². The summed E-state index contributed by atoms with van der Waals surface area (Å²) in [6.07, 6.45) is 4.93. The molecule has 0 bridgehead atoms. The van der Waals surface area contributed by atoms with Gasteiger partial charge in [0, 0.05) is 65.6 Å². The summed E-state index contributed by atoms with van der Waals surface area (Å²) >= 11 is 1.48. The molecule has 1 aliphatic carbocycles. The van der Waals surface area contributed by atoms with Crippen LogP contribution in [-0.4, -0.2) is 83.2 Å². The second-order valence-electron chi connectivity index (χ2n) is 15.1. The summed E-state index contributed by atoms with van der Waals surface area (Å²) in [5, 5.41) is 21.4. The predicted molar refractivity (Wildman–Crippen MR) is 223 cm³/mol. The minimum atomic E-state index is -4.08. The van der Waals surface area contributed by atoms with E-state index in [0.29, 0.717) is 22.7 Å². The Morgan fingerprint density at radius 2 is 1.42 bits per heavy atom. The number of Topliss-reactive ketones (excluding diaryl/α,β-unsaturated/α-hetero) is 1. The first kappa shape index (κ1) is 43.4. The third kappa shape index (κ3) is 11.5. The number of benzene rings is 3.